The van der Waals surface area contributed by atoms with Gasteiger partial charge in [0.15, 0.2) is 0 Å². The molecular formula is C36H63N. The van der Waals surface area contributed by atoms with Gasteiger partial charge in [-0.1, -0.05) is 66.2 Å². The molecule has 37 heavy (non-hydrogen) atoms. The van der Waals surface area contributed by atoms with E-state index >= 15 is 0 Å². The lowest BCUT2D eigenvalue weighted by Gasteiger charge is -2.54. The minimum absolute atomic E-state index is 0.290. The van der Waals surface area contributed by atoms with Crippen LogP contribution in [0.4, 0.5) is 0 Å². The van der Waals surface area contributed by atoms with Gasteiger partial charge in [0.05, 0.1) is 0 Å². The van der Waals surface area contributed by atoms with Crippen molar-refractivity contribution in [2.24, 2.45) is 64.1 Å². The molecule has 0 aromatic heterocycles. The van der Waals surface area contributed by atoms with E-state index in [2.05, 4.69) is 39.9 Å². The maximum atomic E-state index is 4.43. The van der Waals surface area contributed by atoms with Gasteiger partial charge in [-0.3, -0.25) is 0 Å². The van der Waals surface area contributed by atoms with Crippen LogP contribution in [0.3, 0.4) is 0 Å². The van der Waals surface area contributed by atoms with Crippen molar-refractivity contribution in [1.29, 1.82) is 0 Å². The minimum atomic E-state index is 0.290. The molecule has 7 atom stereocenters. The van der Waals surface area contributed by atoms with Gasteiger partial charge in [0.25, 0.3) is 0 Å². The van der Waals surface area contributed by atoms with E-state index in [0.717, 1.165) is 53.3 Å². The maximum absolute atomic E-state index is 4.43. The highest BCUT2D eigenvalue weighted by Crippen LogP contribution is 2.58. The minimum Gasteiger partial charge on any atom is -0.311 e. The van der Waals surface area contributed by atoms with Crippen LogP contribution in [0.1, 0.15) is 150 Å². The van der Waals surface area contributed by atoms with Crippen molar-refractivity contribution < 1.29 is 0 Å². The fourth-order valence-corrected chi connectivity index (χ4v) is 11.7. The third-order valence-corrected chi connectivity index (χ3v) is 15.1. The second kappa shape index (κ2) is 10.4. The van der Waals surface area contributed by atoms with E-state index in [1.54, 1.807) is 12.8 Å². The van der Waals surface area contributed by atoms with E-state index in [-0.39, 0.29) is 5.54 Å². The van der Waals surface area contributed by atoms with Gasteiger partial charge in [-0.2, -0.15) is 0 Å². The van der Waals surface area contributed by atoms with Crippen LogP contribution in [-0.4, -0.2) is 12.1 Å². The lowest BCUT2D eigenvalue weighted by Crippen LogP contribution is -2.61. The molecule has 0 aliphatic heterocycles. The van der Waals surface area contributed by atoms with Gasteiger partial charge in [0.1, 0.15) is 0 Å². The first-order chi connectivity index (χ1) is 17.7. The standard InChI is InChI=1S/C36H63N/c1-34(2,32-21-29-13-14-30(29)22-32)19-8-20-37-36(5,33-23-27-11-7-12-28(27)24-33)35(3,4)31-17-15-25-9-6-10-26(25)16-18-31/h25-33,37H,6-24H2,1-5H3. The molecule has 0 aromatic carbocycles. The van der Waals surface area contributed by atoms with Crippen molar-refractivity contribution in [2.75, 3.05) is 6.54 Å². The topological polar surface area (TPSA) is 12.0 Å². The van der Waals surface area contributed by atoms with Gasteiger partial charge in [-0.15, -0.1) is 0 Å². The number of hydrogen-bond acceptors (Lipinski definition) is 1. The SMILES string of the molecule is CC(C)(CCCNC(C)(C1CC2CCCC2C1)C(C)(C)C1CCC2CCCC2CC1)C1CC2CCC2C1. The third-order valence-electron chi connectivity index (χ3n) is 15.1. The summed E-state index contributed by atoms with van der Waals surface area (Å²) in [6.45, 7) is 14.6. The quantitative estimate of drug-likeness (QED) is 0.305. The first-order valence-corrected chi connectivity index (χ1v) is 17.4. The number of hydrogen-bond donors (Lipinski definition) is 1. The molecule has 212 valence electrons. The summed E-state index contributed by atoms with van der Waals surface area (Å²) in [6.07, 6.45) is 27.2. The molecule has 1 nitrogen and oxygen atoms in total. The van der Waals surface area contributed by atoms with Crippen LogP contribution in [0.5, 0.6) is 0 Å². The van der Waals surface area contributed by atoms with Gasteiger partial charge < -0.3 is 5.32 Å². The van der Waals surface area contributed by atoms with E-state index in [9.17, 15) is 0 Å². The highest BCUT2D eigenvalue weighted by atomic mass is 15.0. The van der Waals surface area contributed by atoms with Gasteiger partial charge >= 0.3 is 0 Å². The molecule has 6 aliphatic rings. The van der Waals surface area contributed by atoms with Crippen LogP contribution in [0, 0.1) is 64.1 Å². The van der Waals surface area contributed by atoms with E-state index in [4.69, 9.17) is 0 Å². The van der Waals surface area contributed by atoms with E-state index < -0.39 is 0 Å². The van der Waals surface area contributed by atoms with Crippen LogP contribution in [0.2, 0.25) is 0 Å². The Morgan fingerprint density at radius 1 is 0.514 bits per heavy atom. The Morgan fingerprint density at radius 3 is 1.51 bits per heavy atom. The van der Waals surface area contributed by atoms with Crippen LogP contribution >= 0.6 is 0 Å². The number of fused-ring (bicyclic) bond motifs is 3. The molecule has 0 aromatic rings. The van der Waals surface area contributed by atoms with Crippen molar-refractivity contribution in [2.45, 2.75) is 156 Å². The fraction of sp³-hybridized carbons (Fsp3) is 1.00. The Balaban J connectivity index is 1.12. The third kappa shape index (κ3) is 5.01. The van der Waals surface area contributed by atoms with Crippen molar-refractivity contribution in [1.82, 2.24) is 5.32 Å². The normalized spacial score (nSPS) is 43.5. The van der Waals surface area contributed by atoms with Crippen molar-refractivity contribution in [3.8, 4) is 0 Å². The fourth-order valence-electron chi connectivity index (χ4n) is 11.7. The molecule has 1 N–H and O–H groups in total. The molecule has 6 saturated carbocycles. The van der Waals surface area contributed by atoms with Crippen molar-refractivity contribution in [3.05, 3.63) is 0 Å². The molecule has 0 bridgehead atoms. The van der Waals surface area contributed by atoms with Crippen LogP contribution in [-0.2, 0) is 0 Å². The molecular weight excluding hydrogens is 446 g/mol. The summed E-state index contributed by atoms with van der Waals surface area (Å²) < 4.78 is 0. The second-order valence-corrected chi connectivity index (χ2v) is 17.1. The average molecular weight is 510 g/mol. The first kappa shape index (κ1) is 27.1. The molecule has 7 unspecified atom stereocenters. The predicted octanol–water partition coefficient (Wildman–Crippen LogP) is 10.0. The molecule has 0 heterocycles. The van der Waals surface area contributed by atoms with Gasteiger partial charge in [0.2, 0.25) is 0 Å². The predicted molar refractivity (Wildman–Crippen MR) is 158 cm³/mol. The summed E-state index contributed by atoms with van der Waals surface area (Å²) in [7, 11) is 0. The summed E-state index contributed by atoms with van der Waals surface area (Å²) in [5, 5.41) is 4.43. The van der Waals surface area contributed by atoms with Crippen LogP contribution in [0.25, 0.3) is 0 Å². The Hall–Kier alpha value is -0.0400. The number of nitrogens with one attached hydrogen (secondary N) is 1. The lowest BCUT2D eigenvalue weighted by molar-refractivity contribution is 0.00724. The smallest absolute Gasteiger partial charge is 0.0235 e. The van der Waals surface area contributed by atoms with Crippen molar-refractivity contribution >= 4 is 0 Å². The summed E-state index contributed by atoms with van der Waals surface area (Å²) >= 11 is 0. The second-order valence-electron chi connectivity index (χ2n) is 17.1. The molecule has 0 spiro atoms. The Morgan fingerprint density at radius 2 is 0.973 bits per heavy atom. The molecule has 6 aliphatic carbocycles. The van der Waals surface area contributed by atoms with Gasteiger partial charge in [-0.05, 0) is 155 Å². The summed E-state index contributed by atoms with van der Waals surface area (Å²) in [5.41, 5.74) is 1.21. The largest absolute Gasteiger partial charge is 0.311 e. The first-order valence-electron chi connectivity index (χ1n) is 17.4. The maximum Gasteiger partial charge on any atom is 0.0235 e. The zero-order chi connectivity index (χ0) is 25.8. The van der Waals surface area contributed by atoms with E-state index in [0.29, 0.717) is 10.8 Å². The molecule has 0 saturated heterocycles. The summed E-state index contributed by atoms with van der Waals surface area (Å²) in [4.78, 5) is 0. The Labute approximate surface area is 231 Å². The summed E-state index contributed by atoms with van der Waals surface area (Å²) in [5.74, 6) is 9.23. The Bertz CT molecular complexity index is 744. The highest BCUT2D eigenvalue weighted by Gasteiger charge is 2.54. The van der Waals surface area contributed by atoms with E-state index in [1.165, 1.54) is 109 Å². The highest BCUT2D eigenvalue weighted by molar-refractivity contribution is 5.08. The monoisotopic (exact) mass is 509 g/mol. The number of rotatable bonds is 9. The zero-order valence-corrected chi connectivity index (χ0v) is 25.6. The van der Waals surface area contributed by atoms with E-state index in [1.807, 2.05) is 0 Å². The molecule has 0 amide bonds. The summed E-state index contributed by atoms with van der Waals surface area (Å²) in [6, 6.07) is 0. The van der Waals surface area contributed by atoms with Crippen LogP contribution in [0.15, 0.2) is 0 Å². The molecule has 0 radical (unpaired) electrons. The zero-order valence-electron chi connectivity index (χ0n) is 25.6. The van der Waals surface area contributed by atoms with Gasteiger partial charge in [-0.25, -0.2) is 0 Å². The average Bonchev–Trinajstić information content (AvgIpc) is 3.59. The lowest BCUT2D eigenvalue weighted by atomic mass is 9.57. The molecule has 1 heteroatoms. The molecule has 6 rings (SSSR count). The van der Waals surface area contributed by atoms with Crippen LogP contribution < -0.4 is 5.32 Å². The van der Waals surface area contributed by atoms with Crippen molar-refractivity contribution in [3.63, 3.8) is 0 Å². The molecule has 6 fully saturated rings. The van der Waals surface area contributed by atoms with Gasteiger partial charge in [0, 0.05) is 5.54 Å². The Kier molecular flexibility index (Phi) is 7.64.